The maximum Gasteiger partial charge on any atom is 0.0833 e. The Kier molecular flexibility index (Phi) is 4.51. The van der Waals surface area contributed by atoms with Crippen molar-refractivity contribution in [2.24, 2.45) is 0 Å². The average Bonchev–Trinajstić information content (AvgIpc) is 2.38. The largest absolute Gasteiger partial charge is 0.388 e. The molecule has 0 heterocycles. The quantitative estimate of drug-likeness (QED) is 0.855. The van der Waals surface area contributed by atoms with E-state index in [2.05, 4.69) is 0 Å². The van der Waals surface area contributed by atoms with Gasteiger partial charge in [-0.1, -0.05) is 59.1 Å². The van der Waals surface area contributed by atoms with Gasteiger partial charge in [0.1, 0.15) is 0 Å². The zero-order chi connectivity index (χ0) is 14.0. The predicted molar refractivity (Wildman–Crippen MR) is 81.0 cm³/mol. The van der Waals surface area contributed by atoms with Gasteiger partial charge in [-0.2, -0.15) is 0 Å². The molecule has 0 fully saturated rings. The summed E-state index contributed by atoms with van der Waals surface area (Å²) in [7, 11) is 0. The van der Waals surface area contributed by atoms with Gasteiger partial charge in [0.15, 0.2) is 0 Å². The molecule has 1 unspecified atom stereocenters. The van der Waals surface area contributed by atoms with E-state index in [1.807, 2.05) is 44.2 Å². The van der Waals surface area contributed by atoms with Crippen molar-refractivity contribution in [2.75, 3.05) is 0 Å². The van der Waals surface area contributed by atoms with Crippen molar-refractivity contribution >= 4 is 23.2 Å². The highest BCUT2D eigenvalue weighted by Crippen LogP contribution is 2.30. The maximum absolute atomic E-state index is 10.4. The second-order valence-corrected chi connectivity index (χ2v) is 5.58. The Morgan fingerprint density at radius 2 is 1.84 bits per heavy atom. The second kappa shape index (κ2) is 5.96. The molecule has 2 aromatic rings. The molecule has 0 saturated carbocycles. The number of hydrogen-bond acceptors (Lipinski definition) is 1. The first-order chi connectivity index (χ1) is 8.99. The topological polar surface area (TPSA) is 20.2 Å². The third kappa shape index (κ3) is 3.30. The molecule has 1 atom stereocenters. The van der Waals surface area contributed by atoms with Crippen LogP contribution in [-0.2, 0) is 6.42 Å². The van der Waals surface area contributed by atoms with Crippen molar-refractivity contribution in [3.8, 4) is 0 Å². The summed E-state index contributed by atoms with van der Waals surface area (Å²) in [5.41, 5.74) is 4.02. The summed E-state index contributed by atoms with van der Waals surface area (Å²) in [6.07, 6.45) is -0.111. The molecule has 0 radical (unpaired) electrons. The number of aryl methyl sites for hydroxylation is 2. The molecule has 0 bridgehead atoms. The van der Waals surface area contributed by atoms with Gasteiger partial charge in [-0.3, -0.25) is 0 Å². The van der Waals surface area contributed by atoms with Crippen LogP contribution in [0.2, 0.25) is 10.0 Å². The summed E-state index contributed by atoms with van der Waals surface area (Å²) in [5, 5.41) is 11.4. The SMILES string of the molecule is Cc1ccc(C)c(C(O)Cc2cccc(Cl)c2Cl)c1. The lowest BCUT2D eigenvalue weighted by molar-refractivity contribution is 0.177. The molecule has 2 aromatic carbocycles. The third-order valence-electron chi connectivity index (χ3n) is 3.24. The highest BCUT2D eigenvalue weighted by molar-refractivity contribution is 6.42. The standard InChI is InChI=1S/C16H16Cl2O/c1-10-6-7-11(2)13(8-10)15(19)9-12-4-3-5-14(17)16(12)18/h3-8,15,19H,9H2,1-2H3. The van der Waals surface area contributed by atoms with E-state index < -0.39 is 6.10 Å². The van der Waals surface area contributed by atoms with Gasteiger partial charge in [-0.05, 0) is 36.6 Å². The fraction of sp³-hybridized carbons (Fsp3) is 0.250. The van der Waals surface area contributed by atoms with Crippen molar-refractivity contribution in [1.82, 2.24) is 0 Å². The first kappa shape index (κ1) is 14.4. The molecular formula is C16H16Cl2O. The molecule has 0 aromatic heterocycles. The van der Waals surface area contributed by atoms with Crippen molar-refractivity contribution in [2.45, 2.75) is 26.4 Å². The first-order valence-corrected chi connectivity index (χ1v) is 6.92. The lowest BCUT2D eigenvalue weighted by Crippen LogP contribution is -2.05. The molecule has 0 spiro atoms. The van der Waals surface area contributed by atoms with Crippen LogP contribution < -0.4 is 0 Å². The summed E-state index contributed by atoms with van der Waals surface area (Å²) in [6.45, 7) is 4.01. The van der Waals surface area contributed by atoms with Crippen LogP contribution in [0.1, 0.15) is 28.4 Å². The fourth-order valence-electron chi connectivity index (χ4n) is 2.14. The van der Waals surface area contributed by atoms with Crippen molar-refractivity contribution in [3.05, 3.63) is 68.7 Å². The molecule has 0 aliphatic carbocycles. The van der Waals surface area contributed by atoms with Crippen LogP contribution in [0.4, 0.5) is 0 Å². The zero-order valence-electron chi connectivity index (χ0n) is 11.0. The van der Waals surface area contributed by atoms with Crippen LogP contribution in [-0.4, -0.2) is 5.11 Å². The molecule has 0 aliphatic heterocycles. The van der Waals surface area contributed by atoms with Crippen LogP contribution in [0.15, 0.2) is 36.4 Å². The summed E-state index contributed by atoms with van der Waals surface area (Å²) in [4.78, 5) is 0. The third-order valence-corrected chi connectivity index (χ3v) is 4.10. The van der Waals surface area contributed by atoms with E-state index in [0.717, 1.165) is 22.3 Å². The Labute approximate surface area is 123 Å². The van der Waals surface area contributed by atoms with Crippen LogP contribution in [0.3, 0.4) is 0 Å². The smallest absolute Gasteiger partial charge is 0.0833 e. The molecule has 3 heteroatoms. The lowest BCUT2D eigenvalue weighted by Gasteiger charge is -2.15. The van der Waals surface area contributed by atoms with E-state index in [0.29, 0.717) is 16.5 Å². The van der Waals surface area contributed by atoms with Gasteiger partial charge in [-0.15, -0.1) is 0 Å². The van der Waals surface area contributed by atoms with Gasteiger partial charge >= 0.3 is 0 Å². The molecular weight excluding hydrogens is 279 g/mol. The van der Waals surface area contributed by atoms with Crippen molar-refractivity contribution < 1.29 is 5.11 Å². The molecule has 0 amide bonds. The number of aliphatic hydroxyl groups excluding tert-OH is 1. The Morgan fingerprint density at radius 3 is 2.58 bits per heavy atom. The number of aliphatic hydroxyl groups is 1. The molecule has 2 rings (SSSR count). The van der Waals surface area contributed by atoms with E-state index in [1.54, 1.807) is 6.07 Å². The molecule has 19 heavy (non-hydrogen) atoms. The van der Waals surface area contributed by atoms with Crippen molar-refractivity contribution in [1.29, 1.82) is 0 Å². The molecule has 0 aliphatic rings. The number of rotatable bonds is 3. The summed E-state index contributed by atoms with van der Waals surface area (Å²) in [5.74, 6) is 0. The first-order valence-electron chi connectivity index (χ1n) is 6.17. The van der Waals surface area contributed by atoms with Crippen molar-refractivity contribution in [3.63, 3.8) is 0 Å². The number of halogens is 2. The summed E-state index contributed by atoms with van der Waals surface area (Å²) in [6, 6.07) is 11.6. The van der Waals surface area contributed by atoms with Gasteiger partial charge in [0.25, 0.3) is 0 Å². The van der Waals surface area contributed by atoms with Crippen LogP contribution in [0, 0.1) is 13.8 Å². The highest BCUT2D eigenvalue weighted by atomic mass is 35.5. The molecule has 1 N–H and O–H groups in total. The van der Waals surface area contributed by atoms with Crippen LogP contribution in [0.5, 0.6) is 0 Å². The Bertz CT molecular complexity index is 593. The van der Waals surface area contributed by atoms with E-state index in [9.17, 15) is 5.11 Å². The number of hydrogen-bond donors (Lipinski definition) is 1. The summed E-state index contributed by atoms with van der Waals surface area (Å²) < 4.78 is 0. The minimum atomic E-state index is -0.573. The van der Waals surface area contributed by atoms with Gasteiger partial charge in [0, 0.05) is 6.42 Å². The minimum absolute atomic E-state index is 0.462. The monoisotopic (exact) mass is 294 g/mol. The normalized spacial score (nSPS) is 12.5. The fourth-order valence-corrected chi connectivity index (χ4v) is 2.54. The van der Waals surface area contributed by atoms with Gasteiger partial charge in [-0.25, -0.2) is 0 Å². The molecule has 0 saturated heterocycles. The minimum Gasteiger partial charge on any atom is -0.388 e. The average molecular weight is 295 g/mol. The summed E-state index contributed by atoms with van der Waals surface area (Å²) >= 11 is 12.1. The molecule has 100 valence electrons. The van der Waals surface area contributed by atoms with Gasteiger partial charge < -0.3 is 5.11 Å². The van der Waals surface area contributed by atoms with Gasteiger partial charge in [0.2, 0.25) is 0 Å². The maximum atomic E-state index is 10.4. The molecule has 1 nitrogen and oxygen atoms in total. The highest BCUT2D eigenvalue weighted by Gasteiger charge is 2.14. The van der Waals surface area contributed by atoms with E-state index >= 15 is 0 Å². The van der Waals surface area contributed by atoms with E-state index in [-0.39, 0.29) is 0 Å². The Balaban J connectivity index is 2.28. The number of benzene rings is 2. The lowest BCUT2D eigenvalue weighted by atomic mass is 9.96. The zero-order valence-corrected chi connectivity index (χ0v) is 12.5. The van der Waals surface area contributed by atoms with E-state index in [4.69, 9.17) is 23.2 Å². The predicted octanol–water partition coefficient (Wildman–Crippen LogP) is 4.89. The Hall–Kier alpha value is -1.02. The van der Waals surface area contributed by atoms with Gasteiger partial charge in [0.05, 0.1) is 16.1 Å². The van der Waals surface area contributed by atoms with Crippen LogP contribution in [0.25, 0.3) is 0 Å². The Morgan fingerprint density at radius 1 is 1.11 bits per heavy atom. The second-order valence-electron chi connectivity index (χ2n) is 4.79. The van der Waals surface area contributed by atoms with Crippen LogP contribution >= 0.6 is 23.2 Å². The van der Waals surface area contributed by atoms with E-state index in [1.165, 1.54) is 0 Å².